The standard InChI is InChI=1S/C55H80N4O14/c1-32(2)50(70-48(65)28-44(62)49-38(8)53(66)71-54(49)67)52(68-10)45(63)27-43(61)37(7)42(60)19-17-35(5)51-36(6)22-24-55(73-51)23-21-34(4)46(72-55)20-18-33(3)39(9)58-69-31-47(64)59(29-40-15-11-13-25-56-40)30-41-16-12-14-26-57-41/h11-16,25-26,32-37,42,44-46,50-52,60,62-63H,17-24,27-31H2,1-10H3/b58-39+/t33-,34+,35+,36-,37-,42-,44+,45+,46-,50+,51-,52-,55+/m0/s1. The second-order valence-corrected chi connectivity index (χ2v) is 21.0. The second-order valence-electron chi connectivity index (χ2n) is 21.0. The molecule has 3 aliphatic rings. The van der Waals surface area contributed by atoms with Crippen molar-refractivity contribution in [3.8, 4) is 0 Å². The first-order valence-electron chi connectivity index (χ1n) is 26.0. The molecule has 2 saturated heterocycles. The number of oxime groups is 1. The van der Waals surface area contributed by atoms with Gasteiger partial charge in [-0.05, 0) is 106 Å². The van der Waals surface area contributed by atoms with Crippen molar-refractivity contribution in [3.63, 3.8) is 0 Å². The molecule has 1 spiro atoms. The molecule has 0 unspecified atom stereocenters. The van der Waals surface area contributed by atoms with Crippen molar-refractivity contribution in [2.24, 2.45) is 40.7 Å². The van der Waals surface area contributed by atoms with Crippen molar-refractivity contribution in [1.82, 2.24) is 14.9 Å². The molecule has 1 amide bonds. The number of Topliss-reactive ketones (excluding diaryl/α,β-unsaturated/α-hetero) is 1. The maximum atomic E-state index is 13.5. The minimum atomic E-state index is -1.65. The Morgan fingerprint density at radius 2 is 1.47 bits per heavy atom. The third kappa shape index (κ3) is 16.5. The van der Waals surface area contributed by atoms with E-state index >= 15 is 0 Å². The maximum absolute atomic E-state index is 13.5. The van der Waals surface area contributed by atoms with Gasteiger partial charge in [0.25, 0.3) is 5.91 Å². The second kappa shape index (κ2) is 27.5. The van der Waals surface area contributed by atoms with Crippen LogP contribution in [-0.4, -0.2) is 128 Å². The fourth-order valence-electron chi connectivity index (χ4n) is 10.00. The lowest BCUT2D eigenvalue weighted by Gasteiger charge is -2.51. The summed E-state index contributed by atoms with van der Waals surface area (Å²) in [6.07, 6.45) is 1.93. The molecule has 2 fully saturated rings. The fourth-order valence-corrected chi connectivity index (χ4v) is 10.00. The van der Waals surface area contributed by atoms with Crippen LogP contribution in [0.4, 0.5) is 0 Å². The molecule has 2 aromatic rings. The summed E-state index contributed by atoms with van der Waals surface area (Å²) in [6.45, 7) is 17.3. The fraction of sp³-hybridized carbons (Fsp3) is 0.673. The van der Waals surface area contributed by atoms with Crippen LogP contribution in [0.25, 0.3) is 0 Å². The molecule has 0 aromatic carbocycles. The van der Waals surface area contributed by atoms with Gasteiger partial charge in [-0.25, -0.2) is 9.59 Å². The molecular formula is C55H80N4O14. The van der Waals surface area contributed by atoms with E-state index in [1.54, 1.807) is 38.1 Å². The molecule has 3 aliphatic heterocycles. The number of carbonyl (C=O) groups is 5. The molecule has 18 nitrogen and oxygen atoms in total. The van der Waals surface area contributed by atoms with Gasteiger partial charge in [0, 0.05) is 50.3 Å². The first kappa shape index (κ1) is 58.9. The summed E-state index contributed by atoms with van der Waals surface area (Å²) in [5.41, 5.74) is 1.89. The third-order valence-electron chi connectivity index (χ3n) is 15.1. The maximum Gasteiger partial charge on any atom is 0.345 e. The molecular weight excluding hydrogens is 941 g/mol. The Labute approximate surface area is 430 Å². The number of aromatic nitrogens is 2. The van der Waals surface area contributed by atoms with E-state index in [9.17, 15) is 39.3 Å². The minimum absolute atomic E-state index is 0.0283. The monoisotopic (exact) mass is 1020 g/mol. The molecule has 404 valence electrons. The molecule has 0 aliphatic carbocycles. The number of aliphatic hydroxyl groups excluding tert-OH is 3. The Hall–Kier alpha value is -4.98. The van der Waals surface area contributed by atoms with Gasteiger partial charge < -0.3 is 48.7 Å². The summed E-state index contributed by atoms with van der Waals surface area (Å²) < 4.78 is 29.6. The van der Waals surface area contributed by atoms with E-state index in [0.29, 0.717) is 31.8 Å². The predicted molar refractivity (Wildman–Crippen MR) is 269 cm³/mol. The van der Waals surface area contributed by atoms with Crippen molar-refractivity contribution in [1.29, 1.82) is 0 Å². The zero-order valence-electron chi connectivity index (χ0n) is 44.4. The summed E-state index contributed by atoms with van der Waals surface area (Å²) in [5, 5.41) is 37.5. The minimum Gasteiger partial charge on any atom is -0.459 e. The summed E-state index contributed by atoms with van der Waals surface area (Å²) >= 11 is 0. The lowest BCUT2D eigenvalue weighted by atomic mass is 9.79. The van der Waals surface area contributed by atoms with Crippen molar-refractivity contribution >= 4 is 35.3 Å². The highest BCUT2D eigenvalue weighted by Gasteiger charge is 2.48. The zero-order valence-corrected chi connectivity index (χ0v) is 44.4. The number of carbonyl (C=O) groups excluding carboxylic acids is 5. The molecule has 73 heavy (non-hydrogen) atoms. The number of ketones is 1. The zero-order chi connectivity index (χ0) is 53.6. The first-order valence-corrected chi connectivity index (χ1v) is 26.0. The van der Waals surface area contributed by atoms with Gasteiger partial charge in [-0.1, -0.05) is 65.8 Å². The van der Waals surface area contributed by atoms with Crippen LogP contribution in [0, 0.1) is 35.5 Å². The molecule has 2 aromatic heterocycles. The van der Waals surface area contributed by atoms with Crippen LogP contribution in [0.3, 0.4) is 0 Å². The van der Waals surface area contributed by atoms with Gasteiger partial charge in [-0.15, -0.1) is 0 Å². The molecule has 13 atom stereocenters. The Morgan fingerprint density at radius 3 is 2.03 bits per heavy atom. The smallest absolute Gasteiger partial charge is 0.345 e. The van der Waals surface area contributed by atoms with Gasteiger partial charge in [0.2, 0.25) is 0 Å². The average molecular weight is 1020 g/mol. The van der Waals surface area contributed by atoms with Gasteiger partial charge in [0.15, 0.2) is 12.4 Å². The number of ether oxygens (including phenoxy) is 5. The topological polar surface area (TPSA) is 243 Å². The van der Waals surface area contributed by atoms with E-state index in [1.807, 2.05) is 43.3 Å². The van der Waals surface area contributed by atoms with Crippen LogP contribution < -0.4 is 0 Å². The number of rotatable bonds is 27. The Bertz CT molecular complexity index is 2160. The Kier molecular flexibility index (Phi) is 22.2. The highest BCUT2D eigenvalue weighted by Crippen LogP contribution is 2.46. The van der Waals surface area contributed by atoms with Crippen molar-refractivity contribution in [2.75, 3.05) is 13.7 Å². The molecule has 0 bridgehead atoms. The summed E-state index contributed by atoms with van der Waals surface area (Å²) in [5.74, 6) is -4.70. The van der Waals surface area contributed by atoms with E-state index in [2.05, 4.69) is 47.6 Å². The predicted octanol–water partition coefficient (Wildman–Crippen LogP) is 6.61. The first-order chi connectivity index (χ1) is 34.6. The number of cyclic esters (lactones) is 2. The van der Waals surface area contributed by atoms with Crippen molar-refractivity contribution < 1.29 is 67.8 Å². The lowest BCUT2D eigenvalue weighted by Crippen LogP contribution is -2.53. The van der Waals surface area contributed by atoms with Crippen LogP contribution in [0.5, 0.6) is 0 Å². The van der Waals surface area contributed by atoms with Crippen LogP contribution >= 0.6 is 0 Å². The number of esters is 3. The number of hydrogen-bond acceptors (Lipinski definition) is 17. The number of pyridine rings is 2. The Balaban J connectivity index is 1.08. The number of aliphatic hydroxyl groups is 3. The normalized spacial score (nSPS) is 24.8. The SMILES string of the molecule is CO[C@@H]([C@H](O)CC(=O)[C@@H](C)[C@@H](O)CC[C@@H](C)[C@@H]1O[C@]2(CC[C@@H](C)[C@H](CC[C@H](C)/C(C)=N/OCC(=O)N(Cc3ccccn3)Cc3ccccn3)O2)CC[C@@H]1C)[C@H](OC(=O)C[C@@H](O)C1=C(C)C(=O)OC1=O)C(C)C. The highest BCUT2D eigenvalue weighted by molar-refractivity contribution is 6.12. The number of hydrogen-bond donors (Lipinski definition) is 3. The highest BCUT2D eigenvalue weighted by atomic mass is 16.7. The van der Waals surface area contributed by atoms with Crippen LogP contribution in [0.2, 0.25) is 0 Å². The van der Waals surface area contributed by atoms with Gasteiger partial charge in [-0.2, -0.15) is 0 Å². The summed E-state index contributed by atoms with van der Waals surface area (Å²) in [4.78, 5) is 79.7. The molecule has 5 heterocycles. The third-order valence-corrected chi connectivity index (χ3v) is 15.1. The Morgan fingerprint density at radius 1 is 0.836 bits per heavy atom. The number of nitrogens with zero attached hydrogens (tertiary/aromatic N) is 4. The average Bonchev–Trinajstić information content (AvgIpc) is 3.62. The van der Waals surface area contributed by atoms with Crippen LogP contribution in [0.15, 0.2) is 65.1 Å². The summed E-state index contributed by atoms with van der Waals surface area (Å²) in [7, 11) is 1.32. The number of methoxy groups -OCH3 is 1. The van der Waals surface area contributed by atoms with Crippen LogP contribution in [0.1, 0.15) is 138 Å². The molecule has 3 N–H and O–H groups in total. The molecule has 0 saturated carbocycles. The van der Waals surface area contributed by atoms with E-state index in [0.717, 1.165) is 55.6 Å². The largest absolute Gasteiger partial charge is 0.459 e. The van der Waals surface area contributed by atoms with Crippen molar-refractivity contribution in [3.05, 3.63) is 71.3 Å². The van der Waals surface area contributed by atoms with Crippen LogP contribution in [-0.2, 0) is 65.6 Å². The van der Waals surface area contributed by atoms with Gasteiger partial charge >= 0.3 is 17.9 Å². The molecule has 0 radical (unpaired) electrons. The quantitative estimate of drug-likeness (QED) is 0.0369. The lowest BCUT2D eigenvalue weighted by molar-refractivity contribution is -0.338. The van der Waals surface area contributed by atoms with Gasteiger partial charge in [0.05, 0.1) is 72.7 Å². The van der Waals surface area contributed by atoms with E-state index < -0.39 is 78.3 Å². The van der Waals surface area contributed by atoms with Gasteiger partial charge in [0.1, 0.15) is 18.0 Å². The van der Waals surface area contributed by atoms with E-state index in [4.69, 9.17) is 23.8 Å². The van der Waals surface area contributed by atoms with E-state index in [-0.39, 0.29) is 60.0 Å². The number of amides is 1. The van der Waals surface area contributed by atoms with Gasteiger partial charge in [-0.3, -0.25) is 24.4 Å². The van der Waals surface area contributed by atoms with E-state index in [1.165, 1.54) is 14.0 Å². The molecule has 5 rings (SSSR count). The molecule has 18 heteroatoms. The summed E-state index contributed by atoms with van der Waals surface area (Å²) in [6, 6.07) is 11.2. The van der Waals surface area contributed by atoms with Crippen molar-refractivity contribution in [2.45, 2.75) is 188 Å².